The SMILES string of the molecule is CCn1c(C)c(C)c2cc(C(=O)NC3CCCCCCC3)ccc21. The van der Waals surface area contributed by atoms with Crippen molar-refractivity contribution >= 4 is 16.8 Å². The minimum absolute atomic E-state index is 0.0868. The van der Waals surface area contributed by atoms with Crippen LogP contribution in [0, 0.1) is 13.8 Å². The van der Waals surface area contributed by atoms with Gasteiger partial charge >= 0.3 is 0 Å². The Bertz CT molecular complexity index is 721. The molecule has 1 amide bonds. The second kappa shape index (κ2) is 7.42. The highest BCUT2D eigenvalue weighted by Crippen LogP contribution is 2.26. The standard InChI is InChI=1S/C21H30N2O/c1-4-23-16(3)15(2)19-14-17(12-13-20(19)23)21(24)22-18-10-8-6-5-7-9-11-18/h12-14,18H,4-11H2,1-3H3,(H,22,24). The molecule has 1 N–H and O–H groups in total. The number of fused-ring (bicyclic) bond motifs is 1. The lowest BCUT2D eigenvalue weighted by atomic mass is 9.96. The predicted molar refractivity (Wildman–Crippen MR) is 101 cm³/mol. The lowest BCUT2D eigenvalue weighted by molar-refractivity contribution is 0.0930. The maximum atomic E-state index is 12.7. The van der Waals surface area contributed by atoms with Crippen molar-refractivity contribution in [3.8, 4) is 0 Å². The highest BCUT2D eigenvalue weighted by Gasteiger charge is 2.17. The van der Waals surface area contributed by atoms with Crippen LogP contribution < -0.4 is 5.32 Å². The van der Waals surface area contributed by atoms with Crippen LogP contribution in [0.5, 0.6) is 0 Å². The van der Waals surface area contributed by atoms with E-state index in [2.05, 4.69) is 42.8 Å². The van der Waals surface area contributed by atoms with Crippen LogP contribution in [-0.4, -0.2) is 16.5 Å². The van der Waals surface area contributed by atoms with E-state index in [1.54, 1.807) is 0 Å². The van der Waals surface area contributed by atoms with Crippen LogP contribution in [0.4, 0.5) is 0 Å². The third kappa shape index (κ3) is 3.35. The molecular weight excluding hydrogens is 296 g/mol. The van der Waals surface area contributed by atoms with Gasteiger partial charge in [0.1, 0.15) is 0 Å². The highest BCUT2D eigenvalue weighted by atomic mass is 16.1. The van der Waals surface area contributed by atoms with E-state index in [1.165, 1.54) is 54.3 Å². The molecule has 3 nitrogen and oxygen atoms in total. The van der Waals surface area contributed by atoms with Crippen LogP contribution >= 0.6 is 0 Å². The van der Waals surface area contributed by atoms with Crippen LogP contribution in [0.2, 0.25) is 0 Å². The van der Waals surface area contributed by atoms with E-state index in [4.69, 9.17) is 0 Å². The van der Waals surface area contributed by atoms with Crippen molar-refractivity contribution < 1.29 is 4.79 Å². The van der Waals surface area contributed by atoms with Crippen LogP contribution in [0.1, 0.15) is 73.5 Å². The number of carbonyl (C=O) groups excluding carboxylic acids is 1. The van der Waals surface area contributed by atoms with Gasteiger partial charge in [0, 0.05) is 34.7 Å². The van der Waals surface area contributed by atoms with E-state index in [0.717, 1.165) is 24.9 Å². The molecule has 0 radical (unpaired) electrons. The molecule has 0 aliphatic heterocycles. The predicted octanol–water partition coefficient (Wildman–Crippen LogP) is 5.12. The van der Waals surface area contributed by atoms with Crippen molar-refractivity contribution in [2.45, 2.75) is 78.3 Å². The topological polar surface area (TPSA) is 34.0 Å². The minimum atomic E-state index is 0.0868. The van der Waals surface area contributed by atoms with Crippen molar-refractivity contribution in [2.24, 2.45) is 0 Å². The van der Waals surface area contributed by atoms with E-state index in [-0.39, 0.29) is 5.91 Å². The van der Waals surface area contributed by atoms with Gasteiger partial charge in [0.2, 0.25) is 0 Å². The van der Waals surface area contributed by atoms with Gasteiger partial charge in [0.25, 0.3) is 5.91 Å². The Morgan fingerprint density at radius 2 is 1.79 bits per heavy atom. The number of aromatic nitrogens is 1. The van der Waals surface area contributed by atoms with Gasteiger partial charge in [-0.2, -0.15) is 0 Å². The molecule has 24 heavy (non-hydrogen) atoms. The Kier molecular flexibility index (Phi) is 5.27. The zero-order valence-electron chi connectivity index (χ0n) is 15.3. The monoisotopic (exact) mass is 326 g/mol. The smallest absolute Gasteiger partial charge is 0.251 e. The van der Waals surface area contributed by atoms with Gasteiger partial charge < -0.3 is 9.88 Å². The normalized spacial score (nSPS) is 16.8. The van der Waals surface area contributed by atoms with E-state index in [1.807, 2.05) is 6.07 Å². The Labute approximate surface area is 145 Å². The molecule has 130 valence electrons. The first-order valence-corrected chi connectivity index (χ1v) is 9.52. The fourth-order valence-electron chi connectivity index (χ4n) is 4.07. The van der Waals surface area contributed by atoms with Crippen LogP contribution in [0.25, 0.3) is 10.9 Å². The molecule has 1 saturated carbocycles. The van der Waals surface area contributed by atoms with E-state index in [9.17, 15) is 4.79 Å². The zero-order chi connectivity index (χ0) is 17.1. The molecule has 0 atom stereocenters. The number of benzene rings is 1. The van der Waals surface area contributed by atoms with Crippen LogP contribution in [0.15, 0.2) is 18.2 Å². The van der Waals surface area contributed by atoms with Crippen LogP contribution in [-0.2, 0) is 6.54 Å². The summed E-state index contributed by atoms with van der Waals surface area (Å²) in [6, 6.07) is 6.50. The Hall–Kier alpha value is -1.77. The molecule has 1 aromatic carbocycles. The van der Waals surface area contributed by atoms with Crippen molar-refractivity contribution in [1.82, 2.24) is 9.88 Å². The van der Waals surface area contributed by atoms with Gasteiger partial charge in [-0.15, -0.1) is 0 Å². The lowest BCUT2D eigenvalue weighted by Gasteiger charge is -2.21. The minimum Gasteiger partial charge on any atom is -0.349 e. The first kappa shape index (κ1) is 17.1. The van der Waals surface area contributed by atoms with Gasteiger partial charge in [-0.3, -0.25) is 4.79 Å². The molecule has 0 unspecified atom stereocenters. The Morgan fingerprint density at radius 1 is 1.12 bits per heavy atom. The van der Waals surface area contributed by atoms with E-state index < -0.39 is 0 Å². The maximum absolute atomic E-state index is 12.7. The number of carbonyl (C=O) groups is 1. The van der Waals surface area contributed by atoms with Gasteiger partial charge in [-0.05, 0) is 57.4 Å². The molecule has 1 aromatic heterocycles. The number of aryl methyl sites for hydroxylation is 2. The summed E-state index contributed by atoms with van der Waals surface area (Å²) in [6.07, 6.45) is 8.69. The van der Waals surface area contributed by atoms with Crippen molar-refractivity contribution in [3.63, 3.8) is 0 Å². The third-order valence-electron chi connectivity index (χ3n) is 5.66. The molecule has 0 saturated heterocycles. The molecule has 0 spiro atoms. The Morgan fingerprint density at radius 3 is 2.46 bits per heavy atom. The fourth-order valence-corrected chi connectivity index (χ4v) is 4.07. The first-order chi connectivity index (χ1) is 11.6. The summed E-state index contributed by atoms with van der Waals surface area (Å²) in [4.78, 5) is 12.7. The van der Waals surface area contributed by atoms with Crippen LogP contribution in [0.3, 0.4) is 0 Å². The second-order valence-corrected chi connectivity index (χ2v) is 7.20. The number of nitrogens with one attached hydrogen (secondary N) is 1. The number of amides is 1. The molecule has 0 bridgehead atoms. The highest BCUT2D eigenvalue weighted by molar-refractivity contribution is 5.99. The zero-order valence-corrected chi connectivity index (χ0v) is 15.3. The quantitative estimate of drug-likeness (QED) is 0.834. The summed E-state index contributed by atoms with van der Waals surface area (Å²) in [5.74, 6) is 0.0868. The fraction of sp³-hybridized carbons (Fsp3) is 0.571. The maximum Gasteiger partial charge on any atom is 0.251 e. The number of nitrogens with zero attached hydrogens (tertiary/aromatic N) is 1. The summed E-state index contributed by atoms with van der Waals surface area (Å²) in [7, 11) is 0. The average Bonchev–Trinajstić information content (AvgIpc) is 2.80. The summed E-state index contributed by atoms with van der Waals surface area (Å²) in [5, 5.41) is 4.48. The van der Waals surface area contributed by atoms with Gasteiger partial charge in [-0.1, -0.05) is 32.1 Å². The van der Waals surface area contributed by atoms with E-state index >= 15 is 0 Å². The summed E-state index contributed by atoms with van der Waals surface area (Å²) < 4.78 is 2.32. The van der Waals surface area contributed by atoms with Gasteiger partial charge in [-0.25, -0.2) is 0 Å². The molecule has 1 fully saturated rings. The number of hydrogen-bond donors (Lipinski definition) is 1. The van der Waals surface area contributed by atoms with Gasteiger partial charge in [0.15, 0.2) is 0 Å². The molecule has 1 aliphatic rings. The molecular formula is C21H30N2O. The van der Waals surface area contributed by atoms with Crippen molar-refractivity contribution in [2.75, 3.05) is 0 Å². The third-order valence-corrected chi connectivity index (χ3v) is 5.66. The molecule has 3 heteroatoms. The average molecular weight is 326 g/mol. The van der Waals surface area contributed by atoms with E-state index in [0.29, 0.717) is 6.04 Å². The first-order valence-electron chi connectivity index (χ1n) is 9.52. The lowest BCUT2D eigenvalue weighted by Crippen LogP contribution is -2.35. The number of rotatable bonds is 3. The summed E-state index contributed by atoms with van der Waals surface area (Å²) >= 11 is 0. The molecule has 3 rings (SSSR count). The number of hydrogen-bond acceptors (Lipinski definition) is 1. The van der Waals surface area contributed by atoms with Gasteiger partial charge in [0.05, 0.1) is 0 Å². The summed E-state index contributed by atoms with van der Waals surface area (Å²) in [5.41, 5.74) is 4.61. The van der Waals surface area contributed by atoms with Crippen molar-refractivity contribution in [1.29, 1.82) is 0 Å². The summed E-state index contributed by atoms with van der Waals surface area (Å²) in [6.45, 7) is 7.44. The molecule has 1 aliphatic carbocycles. The van der Waals surface area contributed by atoms with Crippen molar-refractivity contribution in [3.05, 3.63) is 35.0 Å². The molecule has 1 heterocycles. The Balaban J connectivity index is 1.81. The molecule has 2 aromatic rings. The second-order valence-electron chi connectivity index (χ2n) is 7.20. The largest absolute Gasteiger partial charge is 0.349 e.